The number of primary sulfonamides is 1. The summed E-state index contributed by atoms with van der Waals surface area (Å²) in [6, 6.07) is 6.06. The molecule has 2 rings (SSSR count). The van der Waals surface area contributed by atoms with Gasteiger partial charge in [-0.25, -0.2) is 13.6 Å². The molecule has 0 aliphatic heterocycles. The van der Waals surface area contributed by atoms with Gasteiger partial charge < -0.3 is 5.32 Å². The van der Waals surface area contributed by atoms with E-state index in [-0.39, 0.29) is 22.8 Å². The van der Waals surface area contributed by atoms with E-state index in [0.717, 1.165) is 18.4 Å². The summed E-state index contributed by atoms with van der Waals surface area (Å²) in [5.74, 6) is -0.0256. The first-order valence-electron chi connectivity index (χ1n) is 6.46. The lowest BCUT2D eigenvalue weighted by Crippen LogP contribution is -2.31. The summed E-state index contributed by atoms with van der Waals surface area (Å²) in [7, 11) is -3.73. The Balaban J connectivity index is 2.09. The third kappa shape index (κ3) is 3.46. The van der Waals surface area contributed by atoms with Crippen LogP contribution in [0.1, 0.15) is 31.4 Å². The number of allylic oxidation sites excluding steroid dienone is 2. The van der Waals surface area contributed by atoms with E-state index in [2.05, 4.69) is 5.32 Å². The van der Waals surface area contributed by atoms with Gasteiger partial charge in [0.15, 0.2) is 0 Å². The second-order valence-electron chi connectivity index (χ2n) is 4.99. The average Bonchev–Trinajstić information content (AvgIpc) is 2.91. The van der Waals surface area contributed by atoms with Crippen molar-refractivity contribution in [2.45, 2.75) is 30.7 Å². The van der Waals surface area contributed by atoms with Crippen LogP contribution in [-0.4, -0.2) is 14.3 Å². The molecular weight excluding hydrogens is 276 g/mol. The van der Waals surface area contributed by atoms with Crippen LogP contribution in [0.5, 0.6) is 0 Å². The molecule has 0 saturated heterocycles. The van der Waals surface area contributed by atoms with Crippen LogP contribution in [0.25, 0.3) is 0 Å². The summed E-state index contributed by atoms with van der Waals surface area (Å²) in [4.78, 5) is 12.1. The number of hydrogen-bond donors (Lipinski definition) is 2. The van der Waals surface area contributed by atoms with Crippen molar-refractivity contribution in [2.24, 2.45) is 11.1 Å². The van der Waals surface area contributed by atoms with E-state index in [4.69, 9.17) is 5.14 Å². The normalized spacial score (nSPS) is 17.1. The number of hydrogen-bond acceptors (Lipinski definition) is 3. The highest BCUT2D eigenvalue weighted by atomic mass is 32.2. The van der Waals surface area contributed by atoms with Gasteiger partial charge in [0.05, 0.1) is 10.9 Å². The maximum absolute atomic E-state index is 12.0. The molecule has 6 heteroatoms. The number of sulfonamides is 1. The zero-order chi connectivity index (χ0) is 14.8. The summed E-state index contributed by atoms with van der Waals surface area (Å²) in [6.07, 6.45) is 5.51. The van der Waals surface area contributed by atoms with Gasteiger partial charge in [-0.05, 0) is 37.5 Å². The minimum atomic E-state index is -3.73. The predicted octanol–water partition coefficient (Wildman–Crippen LogP) is 1.48. The van der Waals surface area contributed by atoms with E-state index in [0.29, 0.717) is 0 Å². The van der Waals surface area contributed by atoms with E-state index in [1.54, 1.807) is 12.1 Å². The standard InChI is InChI=1S/C14H18N2O3S/c1-10(16-14(17)11-5-2-3-6-11)12-7-4-8-13(9-12)20(15,18)19/h2-4,7-11H,5-6H2,1H3,(H,16,17)(H2,15,18,19). The Labute approximate surface area is 118 Å². The van der Waals surface area contributed by atoms with Crippen LogP contribution in [0.15, 0.2) is 41.3 Å². The molecule has 1 aliphatic rings. The van der Waals surface area contributed by atoms with Crippen molar-refractivity contribution >= 4 is 15.9 Å². The van der Waals surface area contributed by atoms with Crippen molar-refractivity contribution < 1.29 is 13.2 Å². The minimum absolute atomic E-state index is 0.0106. The summed E-state index contributed by atoms with van der Waals surface area (Å²) in [5.41, 5.74) is 0.718. The minimum Gasteiger partial charge on any atom is -0.349 e. The highest BCUT2D eigenvalue weighted by Crippen LogP contribution is 2.21. The van der Waals surface area contributed by atoms with Crippen LogP contribution >= 0.6 is 0 Å². The molecule has 0 radical (unpaired) electrons. The molecule has 3 N–H and O–H groups in total. The summed E-state index contributed by atoms with van der Waals surface area (Å²) >= 11 is 0. The fourth-order valence-corrected chi connectivity index (χ4v) is 2.78. The second kappa shape index (κ2) is 5.76. The molecule has 1 unspecified atom stereocenters. The molecule has 108 valence electrons. The molecule has 1 aromatic carbocycles. The molecule has 5 nitrogen and oxygen atoms in total. The largest absolute Gasteiger partial charge is 0.349 e. The predicted molar refractivity (Wildman–Crippen MR) is 76.2 cm³/mol. The molecule has 1 atom stereocenters. The molecule has 0 fully saturated rings. The van der Waals surface area contributed by atoms with Crippen LogP contribution in [0.3, 0.4) is 0 Å². The van der Waals surface area contributed by atoms with E-state index in [1.807, 2.05) is 19.1 Å². The third-order valence-corrected chi connectivity index (χ3v) is 4.34. The molecule has 0 aromatic heterocycles. The van der Waals surface area contributed by atoms with Gasteiger partial charge in [0, 0.05) is 5.92 Å². The summed E-state index contributed by atoms with van der Waals surface area (Å²) < 4.78 is 22.6. The van der Waals surface area contributed by atoms with E-state index in [9.17, 15) is 13.2 Å². The fraction of sp³-hybridized carbons (Fsp3) is 0.357. The molecule has 1 aliphatic carbocycles. The van der Waals surface area contributed by atoms with E-state index in [1.165, 1.54) is 12.1 Å². The van der Waals surface area contributed by atoms with Crippen LogP contribution in [0.4, 0.5) is 0 Å². The van der Waals surface area contributed by atoms with Gasteiger partial charge in [0.25, 0.3) is 0 Å². The SMILES string of the molecule is CC(NC(=O)C1CC=CC1)c1cccc(S(N)(=O)=O)c1. The van der Waals surface area contributed by atoms with Gasteiger partial charge in [-0.2, -0.15) is 0 Å². The lowest BCUT2D eigenvalue weighted by atomic mass is 10.0. The maximum atomic E-state index is 12.0. The Kier molecular flexibility index (Phi) is 4.25. The molecule has 1 amide bonds. The number of benzene rings is 1. The van der Waals surface area contributed by atoms with Crippen LogP contribution in [0, 0.1) is 5.92 Å². The molecule has 0 saturated carbocycles. The monoisotopic (exact) mass is 294 g/mol. The highest BCUT2D eigenvalue weighted by molar-refractivity contribution is 7.89. The van der Waals surface area contributed by atoms with Crippen molar-refractivity contribution in [1.29, 1.82) is 0 Å². The zero-order valence-electron chi connectivity index (χ0n) is 11.2. The first kappa shape index (κ1) is 14.7. The van der Waals surface area contributed by atoms with Crippen LogP contribution < -0.4 is 10.5 Å². The smallest absolute Gasteiger partial charge is 0.238 e. The quantitative estimate of drug-likeness (QED) is 0.824. The average molecular weight is 294 g/mol. The van der Waals surface area contributed by atoms with E-state index >= 15 is 0 Å². The number of nitrogens with one attached hydrogen (secondary N) is 1. The number of carbonyl (C=O) groups is 1. The van der Waals surface area contributed by atoms with Gasteiger partial charge in [-0.1, -0.05) is 24.3 Å². The second-order valence-corrected chi connectivity index (χ2v) is 6.55. The Morgan fingerprint density at radius 3 is 2.60 bits per heavy atom. The van der Waals surface area contributed by atoms with Crippen molar-refractivity contribution in [2.75, 3.05) is 0 Å². The van der Waals surface area contributed by atoms with Crippen molar-refractivity contribution in [3.63, 3.8) is 0 Å². The Hall–Kier alpha value is -1.66. The van der Waals surface area contributed by atoms with Gasteiger partial charge in [-0.15, -0.1) is 0 Å². The first-order valence-corrected chi connectivity index (χ1v) is 8.00. The zero-order valence-corrected chi connectivity index (χ0v) is 12.1. The molecule has 20 heavy (non-hydrogen) atoms. The number of carbonyl (C=O) groups excluding carboxylic acids is 1. The third-order valence-electron chi connectivity index (χ3n) is 3.42. The lowest BCUT2D eigenvalue weighted by Gasteiger charge is -2.17. The lowest BCUT2D eigenvalue weighted by molar-refractivity contribution is -0.125. The van der Waals surface area contributed by atoms with Crippen molar-refractivity contribution in [1.82, 2.24) is 5.32 Å². The van der Waals surface area contributed by atoms with Crippen LogP contribution in [-0.2, 0) is 14.8 Å². The number of nitrogens with two attached hydrogens (primary N) is 1. The number of rotatable bonds is 4. The Morgan fingerprint density at radius 2 is 2.00 bits per heavy atom. The topological polar surface area (TPSA) is 89.3 Å². The Bertz CT molecular complexity index is 630. The molecule has 0 bridgehead atoms. The van der Waals surface area contributed by atoms with Gasteiger partial charge in [-0.3, -0.25) is 4.79 Å². The summed E-state index contributed by atoms with van der Waals surface area (Å²) in [6.45, 7) is 1.82. The molecule has 0 heterocycles. The van der Waals surface area contributed by atoms with E-state index < -0.39 is 10.0 Å². The molecular formula is C14H18N2O3S. The molecule has 1 aromatic rings. The van der Waals surface area contributed by atoms with Crippen molar-refractivity contribution in [3.05, 3.63) is 42.0 Å². The summed E-state index contributed by atoms with van der Waals surface area (Å²) in [5, 5.41) is 8.01. The first-order chi connectivity index (χ1) is 9.38. The van der Waals surface area contributed by atoms with Crippen LogP contribution in [0.2, 0.25) is 0 Å². The highest BCUT2D eigenvalue weighted by Gasteiger charge is 2.21. The van der Waals surface area contributed by atoms with Crippen molar-refractivity contribution in [3.8, 4) is 0 Å². The maximum Gasteiger partial charge on any atom is 0.238 e. The van der Waals surface area contributed by atoms with Gasteiger partial charge in [0.2, 0.25) is 15.9 Å². The molecule has 0 spiro atoms. The Morgan fingerprint density at radius 1 is 1.35 bits per heavy atom. The van der Waals surface area contributed by atoms with Gasteiger partial charge >= 0.3 is 0 Å². The fourth-order valence-electron chi connectivity index (χ4n) is 2.21. The number of amides is 1. The van der Waals surface area contributed by atoms with Gasteiger partial charge in [0.1, 0.15) is 0 Å².